The van der Waals surface area contributed by atoms with Crippen molar-refractivity contribution < 1.29 is 9.32 Å². The molecule has 3 heterocycles. The predicted octanol–water partition coefficient (Wildman–Crippen LogP) is 4.72. The predicted molar refractivity (Wildman–Crippen MR) is 131 cm³/mol. The first kappa shape index (κ1) is 21.4. The van der Waals surface area contributed by atoms with Gasteiger partial charge in [-0.3, -0.25) is 4.79 Å². The minimum Gasteiger partial charge on any atom is -0.380 e. The summed E-state index contributed by atoms with van der Waals surface area (Å²) < 4.78 is 8.86. The minimum absolute atomic E-state index is 0.260. The Kier molecular flexibility index (Phi) is 5.37. The second kappa shape index (κ2) is 8.51. The Hall–Kier alpha value is -4.40. The van der Waals surface area contributed by atoms with E-state index in [1.165, 1.54) is 0 Å². The van der Waals surface area contributed by atoms with Gasteiger partial charge in [0, 0.05) is 29.7 Å². The fourth-order valence-electron chi connectivity index (χ4n) is 3.90. The molecule has 172 valence electrons. The van der Waals surface area contributed by atoms with Gasteiger partial charge in [-0.05, 0) is 55.0 Å². The van der Waals surface area contributed by atoms with E-state index in [0.29, 0.717) is 46.2 Å². The number of aryl methyl sites for hydroxylation is 1. The van der Waals surface area contributed by atoms with Crippen molar-refractivity contribution in [2.24, 2.45) is 0 Å². The zero-order valence-corrected chi connectivity index (χ0v) is 19.2. The van der Waals surface area contributed by atoms with Gasteiger partial charge in [0.15, 0.2) is 11.4 Å². The Bertz CT molecular complexity index is 1480. The maximum absolute atomic E-state index is 13.2. The number of nitrogens with two attached hydrogens (primary N) is 1. The molecule has 34 heavy (non-hydrogen) atoms. The van der Waals surface area contributed by atoms with Crippen LogP contribution in [0.1, 0.15) is 48.7 Å². The van der Waals surface area contributed by atoms with Crippen LogP contribution in [0, 0.1) is 0 Å². The molecule has 0 aliphatic rings. The van der Waals surface area contributed by atoms with Crippen molar-refractivity contribution in [3.05, 3.63) is 78.1 Å². The molecule has 5 rings (SSSR count). The average Bonchev–Trinajstić information content (AvgIpc) is 3.58. The van der Waals surface area contributed by atoms with Crippen molar-refractivity contribution >= 4 is 28.4 Å². The van der Waals surface area contributed by atoms with Crippen LogP contribution < -0.4 is 11.1 Å². The molecule has 2 aromatic carbocycles. The van der Waals surface area contributed by atoms with Gasteiger partial charge in [0.2, 0.25) is 0 Å². The summed E-state index contributed by atoms with van der Waals surface area (Å²) >= 11 is 0. The van der Waals surface area contributed by atoms with E-state index >= 15 is 0 Å². The van der Waals surface area contributed by atoms with Gasteiger partial charge in [0.05, 0.1) is 16.8 Å². The van der Waals surface area contributed by atoms with E-state index in [9.17, 15) is 4.79 Å². The van der Waals surface area contributed by atoms with E-state index < -0.39 is 0 Å². The van der Waals surface area contributed by atoms with E-state index in [2.05, 4.69) is 34.4 Å². The molecule has 3 N–H and O–H groups in total. The van der Waals surface area contributed by atoms with Crippen LogP contribution in [0.5, 0.6) is 0 Å². The molecule has 0 bridgehead atoms. The zero-order chi connectivity index (χ0) is 23.8. The van der Waals surface area contributed by atoms with E-state index in [4.69, 9.17) is 10.3 Å². The molecule has 9 nitrogen and oxygen atoms in total. The molecular weight excluding hydrogens is 430 g/mol. The molecule has 0 radical (unpaired) electrons. The van der Waals surface area contributed by atoms with Gasteiger partial charge < -0.3 is 20.1 Å². The average molecular weight is 456 g/mol. The fraction of sp³-hybridized carbons (Fsp3) is 0.200. The number of aromatic nitrogens is 5. The molecule has 5 aromatic rings. The lowest BCUT2D eigenvalue weighted by Gasteiger charge is -2.12. The highest BCUT2D eigenvalue weighted by Gasteiger charge is 2.18. The van der Waals surface area contributed by atoms with E-state index in [0.717, 1.165) is 17.2 Å². The van der Waals surface area contributed by atoms with Gasteiger partial charge in [0.1, 0.15) is 11.5 Å². The Balaban J connectivity index is 1.43. The second-order valence-electron chi connectivity index (χ2n) is 8.35. The topological polar surface area (TPSA) is 117 Å². The standard InChI is InChI=1S/C25H25N7O2/c1-4-16-13-21(32(29-16)19-9-10-22-20(14-19)23(26)30-34-22)25(33)28-17-5-7-18(8-6-17)31-12-11-27-24(31)15(2)3/h5-15H,4H2,1-3H3,(H2,26,30)(H,28,33). The van der Waals surface area contributed by atoms with Crippen LogP contribution in [-0.2, 0) is 6.42 Å². The van der Waals surface area contributed by atoms with Gasteiger partial charge in [-0.25, -0.2) is 9.67 Å². The van der Waals surface area contributed by atoms with Crippen LogP contribution in [0.15, 0.2) is 65.4 Å². The van der Waals surface area contributed by atoms with Crippen molar-refractivity contribution in [2.75, 3.05) is 11.1 Å². The van der Waals surface area contributed by atoms with Gasteiger partial charge in [-0.2, -0.15) is 5.10 Å². The number of nitrogens with zero attached hydrogens (tertiary/aromatic N) is 5. The summed E-state index contributed by atoms with van der Waals surface area (Å²) in [5, 5.41) is 12.1. The highest BCUT2D eigenvalue weighted by atomic mass is 16.5. The number of imidazole rings is 1. The molecule has 0 aliphatic carbocycles. The summed E-state index contributed by atoms with van der Waals surface area (Å²) in [4.78, 5) is 17.7. The van der Waals surface area contributed by atoms with Crippen molar-refractivity contribution in [1.29, 1.82) is 0 Å². The molecule has 1 amide bonds. The third-order valence-electron chi connectivity index (χ3n) is 5.67. The monoisotopic (exact) mass is 455 g/mol. The molecule has 0 saturated heterocycles. The summed E-state index contributed by atoms with van der Waals surface area (Å²) in [6.45, 7) is 6.21. The third-order valence-corrected chi connectivity index (χ3v) is 5.67. The lowest BCUT2D eigenvalue weighted by molar-refractivity contribution is 0.101. The number of hydrogen-bond acceptors (Lipinski definition) is 6. The van der Waals surface area contributed by atoms with Crippen molar-refractivity contribution in [3.63, 3.8) is 0 Å². The van der Waals surface area contributed by atoms with Crippen molar-refractivity contribution in [2.45, 2.75) is 33.1 Å². The number of hydrogen-bond donors (Lipinski definition) is 2. The fourth-order valence-corrected chi connectivity index (χ4v) is 3.90. The van der Waals surface area contributed by atoms with Crippen LogP contribution >= 0.6 is 0 Å². The Morgan fingerprint density at radius 3 is 2.62 bits per heavy atom. The van der Waals surface area contributed by atoms with Gasteiger partial charge in [-0.15, -0.1) is 0 Å². The lowest BCUT2D eigenvalue weighted by atomic mass is 10.2. The van der Waals surface area contributed by atoms with E-state index in [1.807, 2.05) is 54.1 Å². The summed E-state index contributed by atoms with van der Waals surface area (Å²) in [5.41, 5.74) is 10.1. The number of anilines is 2. The number of fused-ring (bicyclic) bond motifs is 1. The number of nitrogen functional groups attached to an aromatic ring is 1. The minimum atomic E-state index is -0.260. The Morgan fingerprint density at radius 2 is 1.88 bits per heavy atom. The first-order chi connectivity index (χ1) is 16.4. The van der Waals surface area contributed by atoms with E-state index in [-0.39, 0.29) is 5.91 Å². The molecule has 0 spiro atoms. The van der Waals surface area contributed by atoms with Gasteiger partial charge in [-0.1, -0.05) is 25.9 Å². The number of amides is 1. The molecule has 0 unspecified atom stereocenters. The van der Waals surface area contributed by atoms with Crippen LogP contribution in [0.3, 0.4) is 0 Å². The van der Waals surface area contributed by atoms with Crippen LogP contribution in [-0.4, -0.2) is 30.4 Å². The number of carbonyl (C=O) groups excluding carboxylic acids is 1. The first-order valence-corrected chi connectivity index (χ1v) is 11.1. The molecule has 9 heteroatoms. The van der Waals surface area contributed by atoms with Crippen molar-refractivity contribution in [1.82, 2.24) is 24.5 Å². The van der Waals surface area contributed by atoms with Crippen LogP contribution in [0.25, 0.3) is 22.3 Å². The lowest BCUT2D eigenvalue weighted by Crippen LogP contribution is -2.17. The normalized spacial score (nSPS) is 11.4. The molecule has 0 fully saturated rings. The largest absolute Gasteiger partial charge is 0.380 e. The number of benzene rings is 2. The van der Waals surface area contributed by atoms with Gasteiger partial charge >= 0.3 is 0 Å². The number of rotatable bonds is 6. The number of nitrogens with one attached hydrogen (secondary N) is 1. The molecular formula is C25H25N7O2. The Morgan fingerprint density at radius 1 is 1.12 bits per heavy atom. The quantitative estimate of drug-likeness (QED) is 0.383. The summed E-state index contributed by atoms with van der Waals surface area (Å²) in [6, 6.07) is 14.9. The molecule has 0 saturated carbocycles. The first-order valence-electron chi connectivity index (χ1n) is 11.1. The zero-order valence-electron chi connectivity index (χ0n) is 19.2. The Labute approximate surface area is 196 Å². The third kappa shape index (κ3) is 3.81. The second-order valence-corrected chi connectivity index (χ2v) is 8.35. The maximum atomic E-state index is 13.2. The highest BCUT2D eigenvalue weighted by Crippen LogP contribution is 2.25. The SMILES string of the molecule is CCc1cc(C(=O)Nc2ccc(-n3ccnc3C(C)C)cc2)n(-c2ccc3onc(N)c3c2)n1. The summed E-state index contributed by atoms with van der Waals surface area (Å²) in [5.74, 6) is 1.32. The smallest absolute Gasteiger partial charge is 0.274 e. The highest BCUT2D eigenvalue weighted by molar-refractivity contribution is 6.03. The van der Waals surface area contributed by atoms with E-state index in [1.54, 1.807) is 23.0 Å². The molecule has 0 aliphatic heterocycles. The molecule has 0 atom stereocenters. The summed E-state index contributed by atoms with van der Waals surface area (Å²) in [6.07, 6.45) is 4.43. The van der Waals surface area contributed by atoms with Crippen molar-refractivity contribution in [3.8, 4) is 11.4 Å². The molecule has 3 aromatic heterocycles. The van der Waals surface area contributed by atoms with Gasteiger partial charge in [0.25, 0.3) is 5.91 Å². The number of carbonyl (C=O) groups is 1. The van der Waals surface area contributed by atoms with Crippen LogP contribution in [0.2, 0.25) is 0 Å². The summed E-state index contributed by atoms with van der Waals surface area (Å²) in [7, 11) is 0. The maximum Gasteiger partial charge on any atom is 0.274 e. The van der Waals surface area contributed by atoms with Crippen LogP contribution in [0.4, 0.5) is 11.5 Å².